The number of aliphatic hydroxyl groups excluding tert-OH is 5. The van der Waals surface area contributed by atoms with E-state index in [9.17, 15) is 25.4 Å². The molecule has 0 aliphatic heterocycles. The van der Waals surface area contributed by atoms with Crippen molar-refractivity contribution in [2.45, 2.75) is 18.3 Å². The molecule has 3 unspecified atom stereocenters. The first-order chi connectivity index (χ1) is 10.4. The van der Waals surface area contributed by atoms with Crippen LogP contribution < -0.4 is 5.43 Å². The van der Waals surface area contributed by atoms with Crippen LogP contribution in [0.5, 0.6) is 0 Å². The van der Waals surface area contributed by atoms with Crippen molar-refractivity contribution in [1.29, 1.82) is 0 Å². The average Bonchev–Trinajstić information content (AvgIpc) is 2.54. The SMILES string of the molecule is O=[N+]([O-])c1ccc(NN=C(CO)C(O)C(O)C(O)CO)cc1. The van der Waals surface area contributed by atoms with E-state index in [4.69, 9.17) is 10.2 Å². The van der Waals surface area contributed by atoms with Gasteiger partial charge < -0.3 is 25.5 Å². The summed E-state index contributed by atoms with van der Waals surface area (Å²) < 4.78 is 0. The van der Waals surface area contributed by atoms with Gasteiger partial charge in [0.25, 0.3) is 5.69 Å². The molecule has 122 valence electrons. The molecule has 0 radical (unpaired) electrons. The van der Waals surface area contributed by atoms with E-state index in [1.54, 1.807) is 0 Å². The van der Waals surface area contributed by atoms with Crippen LogP contribution >= 0.6 is 0 Å². The smallest absolute Gasteiger partial charge is 0.269 e. The molecule has 0 aliphatic rings. The lowest BCUT2D eigenvalue weighted by molar-refractivity contribution is -0.384. The predicted octanol–water partition coefficient (Wildman–Crippen LogP) is -1.57. The third-order valence-corrected chi connectivity index (χ3v) is 2.81. The van der Waals surface area contributed by atoms with Crippen LogP contribution in [0, 0.1) is 10.1 Å². The molecule has 0 spiro atoms. The molecule has 0 amide bonds. The summed E-state index contributed by atoms with van der Waals surface area (Å²) in [6.45, 7) is -1.48. The second kappa shape index (κ2) is 8.36. The molecule has 0 bridgehead atoms. The summed E-state index contributed by atoms with van der Waals surface area (Å²) in [5.74, 6) is 0. The first-order valence-electron chi connectivity index (χ1n) is 6.23. The molecule has 3 atom stereocenters. The maximum absolute atomic E-state index is 10.5. The fraction of sp³-hybridized carbons (Fsp3) is 0.417. The van der Waals surface area contributed by atoms with E-state index in [1.807, 2.05) is 0 Å². The molecule has 0 fully saturated rings. The number of hydrazone groups is 1. The van der Waals surface area contributed by atoms with Gasteiger partial charge in [0.2, 0.25) is 0 Å². The molecule has 10 nitrogen and oxygen atoms in total. The van der Waals surface area contributed by atoms with Crippen LogP contribution in [0.25, 0.3) is 0 Å². The third kappa shape index (κ3) is 4.72. The van der Waals surface area contributed by atoms with Crippen molar-refractivity contribution >= 4 is 17.1 Å². The molecule has 0 saturated carbocycles. The van der Waals surface area contributed by atoms with Gasteiger partial charge in [-0.1, -0.05) is 0 Å². The fourth-order valence-corrected chi connectivity index (χ4v) is 1.50. The van der Waals surface area contributed by atoms with Gasteiger partial charge in [0, 0.05) is 12.1 Å². The van der Waals surface area contributed by atoms with Crippen molar-refractivity contribution in [3.63, 3.8) is 0 Å². The van der Waals surface area contributed by atoms with Gasteiger partial charge >= 0.3 is 0 Å². The Morgan fingerprint density at radius 3 is 2.27 bits per heavy atom. The zero-order valence-electron chi connectivity index (χ0n) is 11.4. The molecule has 1 aromatic carbocycles. The summed E-state index contributed by atoms with van der Waals surface area (Å²) >= 11 is 0. The Balaban J connectivity index is 2.78. The lowest BCUT2D eigenvalue weighted by Crippen LogP contribution is -2.45. The summed E-state index contributed by atoms with van der Waals surface area (Å²) in [4.78, 5) is 9.93. The van der Waals surface area contributed by atoms with Crippen molar-refractivity contribution in [3.05, 3.63) is 34.4 Å². The van der Waals surface area contributed by atoms with E-state index in [0.29, 0.717) is 5.69 Å². The lowest BCUT2D eigenvalue weighted by Gasteiger charge is -2.22. The molecule has 0 saturated heterocycles. The Kier molecular flexibility index (Phi) is 6.82. The van der Waals surface area contributed by atoms with Gasteiger partial charge in [0.15, 0.2) is 0 Å². The molecular weight excluding hydrogens is 298 g/mol. The Hall–Kier alpha value is -2.11. The lowest BCUT2D eigenvalue weighted by atomic mass is 10.0. The Morgan fingerprint density at radius 2 is 1.82 bits per heavy atom. The number of hydrogen-bond acceptors (Lipinski definition) is 9. The van der Waals surface area contributed by atoms with Gasteiger partial charge in [-0.15, -0.1) is 0 Å². The van der Waals surface area contributed by atoms with Crippen molar-refractivity contribution in [2.24, 2.45) is 5.10 Å². The van der Waals surface area contributed by atoms with Gasteiger partial charge in [-0.2, -0.15) is 5.10 Å². The quantitative estimate of drug-likeness (QED) is 0.190. The minimum absolute atomic E-state index is 0.113. The van der Waals surface area contributed by atoms with Crippen LogP contribution in [0.3, 0.4) is 0 Å². The van der Waals surface area contributed by atoms with Crippen molar-refractivity contribution in [2.75, 3.05) is 18.6 Å². The maximum atomic E-state index is 10.5. The van der Waals surface area contributed by atoms with Crippen LogP contribution in [0.1, 0.15) is 0 Å². The molecule has 0 aromatic heterocycles. The largest absolute Gasteiger partial charge is 0.394 e. The van der Waals surface area contributed by atoms with E-state index in [1.165, 1.54) is 24.3 Å². The molecule has 22 heavy (non-hydrogen) atoms. The van der Waals surface area contributed by atoms with Crippen LogP contribution in [-0.2, 0) is 0 Å². The van der Waals surface area contributed by atoms with Gasteiger partial charge in [-0.3, -0.25) is 15.5 Å². The zero-order chi connectivity index (χ0) is 16.7. The second-order valence-electron chi connectivity index (χ2n) is 4.36. The van der Waals surface area contributed by atoms with E-state index >= 15 is 0 Å². The molecule has 0 aliphatic carbocycles. The molecule has 10 heteroatoms. The number of aliphatic hydroxyl groups is 5. The Labute approximate surface area is 125 Å². The van der Waals surface area contributed by atoms with Crippen LogP contribution in [0.2, 0.25) is 0 Å². The number of nitro groups is 1. The number of nitro benzene ring substituents is 1. The minimum atomic E-state index is -1.73. The predicted molar refractivity (Wildman–Crippen MR) is 76.3 cm³/mol. The van der Waals surface area contributed by atoms with E-state index in [0.717, 1.165) is 0 Å². The van der Waals surface area contributed by atoms with Gasteiger partial charge in [-0.25, -0.2) is 0 Å². The number of hydrogen-bond donors (Lipinski definition) is 6. The van der Waals surface area contributed by atoms with Crippen molar-refractivity contribution in [1.82, 2.24) is 0 Å². The van der Waals surface area contributed by atoms with Crippen LogP contribution in [0.15, 0.2) is 29.4 Å². The highest BCUT2D eigenvalue weighted by molar-refractivity contribution is 5.90. The first kappa shape index (κ1) is 17.9. The molecule has 6 N–H and O–H groups in total. The highest BCUT2D eigenvalue weighted by atomic mass is 16.6. The summed E-state index contributed by atoms with van der Waals surface area (Å²) in [5, 5.41) is 60.5. The van der Waals surface area contributed by atoms with Crippen molar-refractivity contribution < 1.29 is 30.5 Å². The van der Waals surface area contributed by atoms with Crippen molar-refractivity contribution in [3.8, 4) is 0 Å². The first-order valence-corrected chi connectivity index (χ1v) is 6.23. The standard InChI is InChI=1S/C12H17N3O7/c16-5-9(11(19)12(20)10(18)6-17)14-13-7-1-3-8(4-2-7)15(21)22/h1-4,10-13,16-20H,5-6H2. The van der Waals surface area contributed by atoms with Crippen LogP contribution in [0.4, 0.5) is 11.4 Å². The summed E-state index contributed by atoms with van der Waals surface area (Å²) in [5.41, 5.74) is 2.40. The average molecular weight is 315 g/mol. The second-order valence-corrected chi connectivity index (χ2v) is 4.36. The number of nitrogens with one attached hydrogen (secondary N) is 1. The van der Waals surface area contributed by atoms with Crippen LogP contribution in [-0.4, -0.2) is 67.7 Å². The maximum Gasteiger partial charge on any atom is 0.269 e. The van der Waals surface area contributed by atoms with E-state index in [2.05, 4.69) is 10.5 Å². The Morgan fingerprint density at radius 1 is 1.23 bits per heavy atom. The molecule has 1 aromatic rings. The highest BCUT2D eigenvalue weighted by Crippen LogP contribution is 2.15. The number of non-ortho nitro benzene ring substituents is 1. The fourth-order valence-electron chi connectivity index (χ4n) is 1.50. The normalized spacial score (nSPS) is 16.0. The number of rotatable bonds is 8. The summed E-state index contributed by atoms with van der Waals surface area (Å²) in [6, 6.07) is 5.19. The third-order valence-electron chi connectivity index (χ3n) is 2.81. The number of benzene rings is 1. The number of anilines is 1. The summed E-state index contributed by atoms with van der Waals surface area (Å²) in [6.07, 6.45) is -5.02. The molecule has 1 rings (SSSR count). The minimum Gasteiger partial charge on any atom is -0.394 e. The van der Waals surface area contributed by atoms with Gasteiger partial charge in [-0.05, 0) is 12.1 Å². The van der Waals surface area contributed by atoms with Gasteiger partial charge in [0.1, 0.15) is 18.3 Å². The van der Waals surface area contributed by atoms with E-state index < -0.39 is 36.4 Å². The Bertz CT molecular complexity index is 520. The van der Waals surface area contributed by atoms with E-state index in [-0.39, 0.29) is 11.4 Å². The van der Waals surface area contributed by atoms with Gasteiger partial charge in [0.05, 0.1) is 29.5 Å². The number of nitrogens with zero attached hydrogens (tertiary/aromatic N) is 2. The molecule has 0 heterocycles. The zero-order valence-corrected chi connectivity index (χ0v) is 11.4. The topological polar surface area (TPSA) is 169 Å². The highest BCUT2D eigenvalue weighted by Gasteiger charge is 2.28. The monoisotopic (exact) mass is 315 g/mol. The molecular formula is C12H17N3O7. The summed E-state index contributed by atoms with van der Waals surface area (Å²) in [7, 11) is 0.